The van der Waals surface area contributed by atoms with Gasteiger partial charge in [-0.05, 0) is 29.8 Å². The average molecular weight is 525 g/mol. The standard InChI is InChI=1S/C21H27N5O3.HI/c1-22-21(26-12-10-25(11-13-26)19-6-4-5-9-23-19)24-15-16-7-8-18(28-2)17(14-16)20(27)29-3;/h4-9,14H,10-13,15H2,1-3H3,(H,22,24);1H. The van der Waals surface area contributed by atoms with Crippen LogP contribution in [0.25, 0.3) is 0 Å². The van der Waals surface area contributed by atoms with Gasteiger partial charge in [0.05, 0.1) is 14.2 Å². The van der Waals surface area contributed by atoms with Crippen molar-refractivity contribution in [2.75, 3.05) is 52.3 Å². The second-order valence-corrected chi connectivity index (χ2v) is 6.59. The van der Waals surface area contributed by atoms with Gasteiger partial charge in [0.1, 0.15) is 17.1 Å². The van der Waals surface area contributed by atoms with Crippen LogP contribution in [0.15, 0.2) is 47.6 Å². The van der Waals surface area contributed by atoms with Crippen LogP contribution in [0.3, 0.4) is 0 Å². The van der Waals surface area contributed by atoms with Gasteiger partial charge in [0.25, 0.3) is 0 Å². The lowest BCUT2D eigenvalue weighted by Gasteiger charge is -2.37. The van der Waals surface area contributed by atoms with E-state index in [1.165, 1.54) is 14.2 Å². The van der Waals surface area contributed by atoms with Gasteiger partial charge in [0, 0.05) is 46.0 Å². The molecular formula is C21H28IN5O3. The zero-order valence-corrected chi connectivity index (χ0v) is 19.8. The van der Waals surface area contributed by atoms with Crippen molar-refractivity contribution >= 4 is 41.7 Å². The fraction of sp³-hybridized carbons (Fsp3) is 0.381. The maximum Gasteiger partial charge on any atom is 0.341 e. The van der Waals surface area contributed by atoms with Gasteiger partial charge in [0.15, 0.2) is 5.96 Å². The van der Waals surface area contributed by atoms with Gasteiger partial charge in [-0.25, -0.2) is 9.78 Å². The monoisotopic (exact) mass is 525 g/mol. The SMILES string of the molecule is CN=C(NCc1ccc(OC)c(C(=O)OC)c1)N1CCN(c2ccccn2)CC1.I. The lowest BCUT2D eigenvalue weighted by Crippen LogP contribution is -2.52. The minimum absolute atomic E-state index is 0. The van der Waals surface area contributed by atoms with E-state index in [2.05, 4.69) is 25.1 Å². The summed E-state index contributed by atoms with van der Waals surface area (Å²) in [6.07, 6.45) is 1.82. The molecule has 1 N–H and O–H groups in total. The first-order valence-corrected chi connectivity index (χ1v) is 9.53. The van der Waals surface area contributed by atoms with E-state index in [4.69, 9.17) is 9.47 Å². The number of anilines is 1. The van der Waals surface area contributed by atoms with Crippen LogP contribution in [0.1, 0.15) is 15.9 Å². The summed E-state index contributed by atoms with van der Waals surface area (Å²) in [5.41, 5.74) is 1.35. The molecule has 0 aliphatic carbocycles. The molecule has 2 aromatic rings. The number of rotatable bonds is 5. The molecule has 1 saturated heterocycles. The lowest BCUT2D eigenvalue weighted by molar-refractivity contribution is 0.0597. The Bertz CT molecular complexity index is 855. The predicted molar refractivity (Wildman–Crippen MR) is 128 cm³/mol. The minimum Gasteiger partial charge on any atom is -0.496 e. The van der Waals surface area contributed by atoms with E-state index in [9.17, 15) is 4.79 Å². The van der Waals surface area contributed by atoms with Gasteiger partial charge in [-0.2, -0.15) is 0 Å². The lowest BCUT2D eigenvalue weighted by atomic mass is 10.1. The van der Waals surface area contributed by atoms with Crippen molar-refractivity contribution in [3.8, 4) is 5.75 Å². The number of carbonyl (C=O) groups excluding carboxylic acids is 1. The molecule has 162 valence electrons. The molecule has 0 atom stereocenters. The second-order valence-electron chi connectivity index (χ2n) is 6.59. The van der Waals surface area contributed by atoms with Crippen LogP contribution >= 0.6 is 24.0 Å². The van der Waals surface area contributed by atoms with Crippen molar-refractivity contribution in [2.24, 2.45) is 4.99 Å². The summed E-state index contributed by atoms with van der Waals surface area (Å²) in [7, 11) is 4.67. The summed E-state index contributed by atoms with van der Waals surface area (Å²) >= 11 is 0. The highest BCUT2D eigenvalue weighted by Crippen LogP contribution is 2.21. The Morgan fingerprint density at radius 3 is 2.53 bits per heavy atom. The molecule has 9 heteroatoms. The Morgan fingerprint density at radius 1 is 1.17 bits per heavy atom. The van der Waals surface area contributed by atoms with E-state index < -0.39 is 5.97 Å². The average Bonchev–Trinajstić information content (AvgIpc) is 2.79. The van der Waals surface area contributed by atoms with E-state index >= 15 is 0 Å². The van der Waals surface area contributed by atoms with Gasteiger partial charge in [-0.3, -0.25) is 4.99 Å². The molecule has 1 aromatic carbocycles. The van der Waals surface area contributed by atoms with Crippen LogP contribution in [0.2, 0.25) is 0 Å². The summed E-state index contributed by atoms with van der Waals surface area (Å²) in [5, 5.41) is 3.38. The van der Waals surface area contributed by atoms with Crippen LogP contribution in [0, 0.1) is 0 Å². The number of methoxy groups -OCH3 is 2. The van der Waals surface area contributed by atoms with Gasteiger partial charge in [0.2, 0.25) is 0 Å². The number of hydrogen-bond acceptors (Lipinski definition) is 6. The molecule has 0 saturated carbocycles. The minimum atomic E-state index is -0.418. The molecule has 0 radical (unpaired) electrons. The highest BCUT2D eigenvalue weighted by atomic mass is 127. The van der Waals surface area contributed by atoms with E-state index in [1.807, 2.05) is 30.5 Å². The number of nitrogens with one attached hydrogen (secondary N) is 1. The van der Waals surface area contributed by atoms with Crippen LogP contribution in [0.4, 0.5) is 5.82 Å². The maximum absolute atomic E-state index is 12.0. The van der Waals surface area contributed by atoms with Crippen LogP contribution < -0.4 is 15.0 Å². The number of esters is 1. The fourth-order valence-electron chi connectivity index (χ4n) is 3.34. The van der Waals surface area contributed by atoms with Crippen molar-refractivity contribution in [1.29, 1.82) is 0 Å². The highest BCUT2D eigenvalue weighted by molar-refractivity contribution is 14.0. The number of piperazine rings is 1. The van der Waals surface area contributed by atoms with Gasteiger partial charge >= 0.3 is 5.97 Å². The summed E-state index contributed by atoms with van der Waals surface area (Å²) < 4.78 is 10.1. The third kappa shape index (κ3) is 5.74. The molecule has 1 aliphatic rings. The van der Waals surface area contributed by atoms with Gasteiger partial charge in [-0.1, -0.05) is 12.1 Å². The van der Waals surface area contributed by atoms with Crippen molar-refractivity contribution in [3.63, 3.8) is 0 Å². The van der Waals surface area contributed by atoms with Crippen LogP contribution in [0.5, 0.6) is 5.75 Å². The van der Waals surface area contributed by atoms with Crippen molar-refractivity contribution in [1.82, 2.24) is 15.2 Å². The van der Waals surface area contributed by atoms with Crippen molar-refractivity contribution in [3.05, 3.63) is 53.7 Å². The van der Waals surface area contributed by atoms with Gasteiger partial charge < -0.3 is 24.6 Å². The highest BCUT2D eigenvalue weighted by Gasteiger charge is 2.20. The number of hydrogen-bond donors (Lipinski definition) is 1. The maximum atomic E-state index is 12.0. The zero-order chi connectivity index (χ0) is 20.6. The summed E-state index contributed by atoms with van der Waals surface area (Å²) in [6, 6.07) is 11.4. The number of guanidine groups is 1. The fourth-order valence-corrected chi connectivity index (χ4v) is 3.34. The van der Waals surface area contributed by atoms with E-state index in [0.717, 1.165) is 43.5 Å². The Balaban J connectivity index is 0.00000320. The molecule has 8 nitrogen and oxygen atoms in total. The van der Waals surface area contributed by atoms with Crippen LogP contribution in [-0.2, 0) is 11.3 Å². The molecule has 2 heterocycles. The first-order chi connectivity index (χ1) is 14.2. The first kappa shape index (κ1) is 23.7. The largest absolute Gasteiger partial charge is 0.496 e. The molecule has 0 bridgehead atoms. The number of aliphatic imine (C=N–C) groups is 1. The van der Waals surface area contributed by atoms with Crippen molar-refractivity contribution in [2.45, 2.75) is 6.54 Å². The van der Waals surface area contributed by atoms with Crippen LogP contribution in [-0.4, -0.2) is 69.3 Å². The first-order valence-electron chi connectivity index (χ1n) is 9.53. The molecule has 1 fully saturated rings. The van der Waals surface area contributed by atoms with Crippen molar-refractivity contribution < 1.29 is 14.3 Å². The molecular weight excluding hydrogens is 497 g/mol. The number of halogens is 1. The Morgan fingerprint density at radius 2 is 1.93 bits per heavy atom. The Hall–Kier alpha value is -2.56. The van der Waals surface area contributed by atoms with E-state index in [0.29, 0.717) is 17.9 Å². The molecule has 0 amide bonds. The third-order valence-electron chi connectivity index (χ3n) is 4.88. The Labute approximate surface area is 194 Å². The number of nitrogens with zero attached hydrogens (tertiary/aromatic N) is 4. The zero-order valence-electron chi connectivity index (χ0n) is 17.5. The number of ether oxygens (including phenoxy) is 2. The number of benzene rings is 1. The normalized spacial score (nSPS) is 14.0. The number of aromatic nitrogens is 1. The molecule has 0 spiro atoms. The summed E-state index contributed by atoms with van der Waals surface area (Å²) in [4.78, 5) is 25.3. The summed E-state index contributed by atoms with van der Waals surface area (Å²) in [5.74, 6) is 1.92. The third-order valence-corrected chi connectivity index (χ3v) is 4.88. The molecule has 30 heavy (non-hydrogen) atoms. The summed E-state index contributed by atoms with van der Waals surface area (Å²) in [6.45, 7) is 4.01. The predicted octanol–water partition coefficient (Wildman–Crippen LogP) is 2.39. The van der Waals surface area contributed by atoms with Gasteiger partial charge in [-0.15, -0.1) is 24.0 Å². The Kier molecular flexibility index (Phi) is 9.15. The molecule has 3 rings (SSSR count). The number of carbonyl (C=O) groups is 1. The number of pyridine rings is 1. The second kappa shape index (κ2) is 11.6. The quantitative estimate of drug-likeness (QED) is 0.278. The molecule has 1 aliphatic heterocycles. The smallest absolute Gasteiger partial charge is 0.341 e. The topological polar surface area (TPSA) is 79.3 Å². The van der Waals surface area contributed by atoms with E-state index in [1.54, 1.807) is 19.2 Å². The molecule has 1 aromatic heterocycles. The van der Waals surface area contributed by atoms with E-state index in [-0.39, 0.29) is 24.0 Å². The molecule has 0 unspecified atom stereocenters.